The maximum atomic E-state index is 12.5. The minimum atomic E-state index is -0.376. The standard InChI is InChI=1S/C23H21Cl2N5O3/c1-15-6-7-21(16(2)10-15)32-14-30-12-17(11-26-30)27-23(31)20-8-9-29(28-20)13-33-22-18(24)4-3-5-19(22)25/h3-12H,13-14H2,1-2H3,(H,27,31). The highest BCUT2D eigenvalue weighted by Gasteiger charge is 2.13. The van der Waals surface area contributed by atoms with Crippen LogP contribution in [0.4, 0.5) is 5.69 Å². The molecule has 0 saturated carbocycles. The molecule has 10 heteroatoms. The molecule has 2 heterocycles. The van der Waals surface area contributed by atoms with E-state index in [2.05, 4.69) is 21.6 Å². The van der Waals surface area contributed by atoms with Gasteiger partial charge in [0, 0.05) is 6.20 Å². The molecule has 4 aromatic rings. The van der Waals surface area contributed by atoms with Crippen molar-refractivity contribution in [1.82, 2.24) is 19.6 Å². The lowest BCUT2D eigenvalue weighted by atomic mass is 10.1. The number of nitrogens with one attached hydrogen (secondary N) is 1. The summed E-state index contributed by atoms with van der Waals surface area (Å²) in [6.07, 6.45) is 4.85. The van der Waals surface area contributed by atoms with Crippen LogP contribution >= 0.6 is 23.2 Å². The van der Waals surface area contributed by atoms with Crippen LogP contribution in [0.2, 0.25) is 10.0 Å². The Hall–Kier alpha value is -3.49. The molecule has 0 atom stereocenters. The number of rotatable bonds is 8. The van der Waals surface area contributed by atoms with E-state index in [0.717, 1.165) is 11.3 Å². The van der Waals surface area contributed by atoms with Crippen LogP contribution in [0.3, 0.4) is 0 Å². The minimum Gasteiger partial charge on any atom is -0.471 e. The van der Waals surface area contributed by atoms with E-state index in [-0.39, 0.29) is 25.1 Å². The van der Waals surface area contributed by atoms with Gasteiger partial charge in [0.1, 0.15) is 5.75 Å². The van der Waals surface area contributed by atoms with Gasteiger partial charge in [0.15, 0.2) is 24.9 Å². The largest absolute Gasteiger partial charge is 0.471 e. The fourth-order valence-electron chi connectivity index (χ4n) is 3.10. The van der Waals surface area contributed by atoms with Crippen molar-refractivity contribution >= 4 is 34.8 Å². The van der Waals surface area contributed by atoms with Crippen LogP contribution in [0.25, 0.3) is 0 Å². The molecule has 0 aliphatic rings. The van der Waals surface area contributed by atoms with Gasteiger partial charge in [-0.15, -0.1) is 0 Å². The Morgan fingerprint density at radius 1 is 1.03 bits per heavy atom. The SMILES string of the molecule is Cc1ccc(OCn2cc(NC(=O)c3ccn(COc4c(Cl)cccc4Cl)n3)cn2)c(C)c1. The molecule has 0 radical (unpaired) electrons. The number of aryl methyl sites for hydroxylation is 2. The van der Waals surface area contributed by atoms with Crippen molar-refractivity contribution in [1.29, 1.82) is 0 Å². The molecule has 0 bridgehead atoms. The lowest BCUT2D eigenvalue weighted by Crippen LogP contribution is -2.14. The summed E-state index contributed by atoms with van der Waals surface area (Å²) < 4.78 is 14.5. The Balaban J connectivity index is 1.32. The Morgan fingerprint density at radius 3 is 2.55 bits per heavy atom. The lowest BCUT2D eigenvalue weighted by Gasteiger charge is -2.09. The topological polar surface area (TPSA) is 83.2 Å². The van der Waals surface area contributed by atoms with Gasteiger partial charge in [-0.25, -0.2) is 9.36 Å². The van der Waals surface area contributed by atoms with Gasteiger partial charge < -0.3 is 14.8 Å². The predicted octanol–water partition coefficient (Wildman–Crippen LogP) is 5.33. The van der Waals surface area contributed by atoms with E-state index < -0.39 is 0 Å². The van der Waals surface area contributed by atoms with Crippen LogP contribution in [0.15, 0.2) is 61.1 Å². The summed E-state index contributed by atoms with van der Waals surface area (Å²) in [6, 6.07) is 12.6. The highest BCUT2D eigenvalue weighted by molar-refractivity contribution is 6.37. The van der Waals surface area contributed by atoms with Crippen molar-refractivity contribution in [3.63, 3.8) is 0 Å². The summed E-state index contributed by atoms with van der Waals surface area (Å²) in [4.78, 5) is 12.5. The number of ether oxygens (including phenoxy) is 2. The van der Waals surface area contributed by atoms with E-state index >= 15 is 0 Å². The molecule has 33 heavy (non-hydrogen) atoms. The fourth-order valence-corrected chi connectivity index (χ4v) is 3.60. The molecule has 8 nitrogen and oxygen atoms in total. The molecule has 4 rings (SSSR count). The monoisotopic (exact) mass is 485 g/mol. The number of carbonyl (C=O) groups excluding carboxylic acids is 1. The van der Waals surface area contributed by atoms with Crippen LogP contribution < -0.4 is 14.8 Å². The molecule has 1 N–H and O–H groups in total. The van der Waals surface area contributed by atoms with Crippen LogP contribution in [0.5, 0.6) is 11.5 Å². The fraction of sp³-hybridized carbons (Fsp3) is 0.174. The third-order valence-corrected chi connectivity index (χ3v) is 5.30. The zero-order valence-electron chi connectivity index (χ0n) is 18.0. The molecule has 0 aliphatic carbocycles. The Kier molecular flexibility index (Phi) is 6.86. The number of halogens is 2. The minimum absolute atomic E-state index is 0.0461. The van der Waals surface area contributed by atoms with Gasteiger partial charge in [-0.2, -0.15) is 10.2 Å². The van der Waals surface area contributed by atoms with Gasteiger partial charge in [-0.1, -0.05) is 47.0 Å². The normalized spacial score (nSPS) is 10.8. The van der Waals surface area contributed by atoms with Crippen molar-refractivity contribution in [3.8, 4) is 11.5 Å². The molecular weight excluding hydrogens is 465 g/mol. The van der Waals surface area contributed by atoms with Gasteiger partial charge >= 0.3 is 0 Å². The molecule has 0 spiro atoms. The van der Waals surface area contributed by atoms with Crippen LogP contribution in [-0.4, -0.2) is 25.5 Å². The highest BCUT2D eigenvalue weighted by atomic mass is 35.5. The number of aromatic nitrogens is 4. The first-order chi connectivity index (χ1) is 15.9. The summed E-state index contributed by atoms with van der Waals surface area (Å²) in [5.41, 5.74) is 2.97. The molecule has 0 saturated heterocycles. The average molecular weight is 486 g/mol. The first kappa shape index (κ1) is 22.7. The van der Waals surface area contributed by atoms with Crippen LogP contribution in [-0.2, 0) is 13.5 Å². The maximum absolute atomic E-state index is 12.5. The van der Waals surface area contributed by atoms with E-state index in [9.17, 15) is 4.79 Å². The van der Waals surface area contributed by atoms with Gasteiger partial charge in [0.05, 0.1) is 28.1 Å². The summed E-state index contributed by atoms with van der Waals surface area (Å²) in [5.74, 6) is 0.768. The summed E-state index contributed by atoms with van der Waals surface area (Å²) in [6.45, 7) is 4.29. The van der Waals surface area contributed by atoms with Crippen molar-refractivity contribution in [2.24, 2.45) is 0 Å². The Labute approximate surface area is 200 Å². The average Bonchev–Trinajstić information content (AvgIpc) is 3.42. The Morgan fingerprint density at radius 2 is 1.79 bits per heavy atom. The molecule has 2 aromatic heterocycles. The van der Waals surface area contributed by atoms with E-state index in [4.69, 9.17) is 32.7 Å². The predicted molar refractivity (Wildman–Crippen MR) is 126 cm³/mol. The van der Waals surface area contributed by atoms with Gasteiger partial charge in [0.2, 0.25) is 0 Å². The number of hydrogen-bond acceptors (Lipinski definition) is 5. The van der Waals surface area contributed by atoms with Gasteiger partial charge in [0.25, 0.3) is 5.91 Å². The van der Waals surface area contributed by atoms with Crippen molar-refractivity contribution in [2.75, 3.05) is 5.32 Å². The van der Waals surface area contributed by atoms with Crippen molar-refractivity contribution in [3.05, 3.63) is 87.9 Å². The quantitative estimate of drug-likeness (QED) is 0.364. The number of para-hydroxylation sites is 1. The second-order valence-corrected chi connectivity index (χ2v) is 8.14. The molecular formula is C23H21Cl2N5O3. The first-order valence-corrected chi connectivity index (χ1v) is 10.8. The third kappa shape index (κ3) is 5.66. The van der Waals surface area contributed by atoms with E-state index in [1.54, 1.807) is 47.5 Å². The molecule has 0 fully saturated rings. The number of benzene rings is 2. The zero-order valence-corrected chi connectivity index (χ0v) is 19.5. The molecule has 2 aromatic carbocycles. The highest BCUT2D eigenvalue weighted by Crippen LogP contribution is 2.32. The van der Waals surface area contributed by atoms with Gasteiger partial charge in [-0.05, 0) is 43.7 Å². The van der Waals surface area contributed by atoms with Crippen LogP contribution in [0, 0.1) is 13.8 Å². The zero-order chi connectivity index (χ0) is 23.4. The van der Waals surface area contributed by atoms with Crippen molar-refractivity contribution < 1.29 is 14.3 Å². The molecule has 0 aliphatic heterocycles. The summed E-state index contributed by atoms with van der Waals surface area (Å²) >= 11 is 12.2. The number of carbonyl (C=O) groups is 1. The second-order valence-electron chi connectivity index (χ2n) is 7.33. The van der Waals surface area contributed by atoms with Crippen molar-refractivity contribution in [2.45, 2.75) is 27.3 Å². The number of hydrogen-bond donors (Lipinski definition) is 1. The first-order valence-electron chi connectivity index (χ1n) is 10.0. The van der Waals surface area contributed by atoms with Crippen LogP contribution in [0.1, 0.15) is 21.6 Å². The number of amides is 1. The third-order valence-electron chi connectivity index (χ3n) is 4.71. The molecule has 1 amide bonds. The lowest BCUT2D eigenvalue weighted by molar-refractivity contribution is 0.102. The molecule has 170 valence electrons. The van der Waals surface area contributed by atoms with Gasteiger partial charge in [-0.3, -0.25) is 4.79 Å². The maximum Gasteiger partial charge on any atom is 0.276 e. The number of nitrogens with zero attached hydrogens (tertiary/aromatic N) is 4. The number of anilines is 1. The Bertz CT molecular complexity index is 1260. The summed E-state index contributed by atoms with van der Waals surface area (Å²) in [7, 11) is 0. The summed E-state index contributed by atoms with van der Waals surface area (Å²) in [5, 5.41) is 12.0. The second kappa shape index (κ2) is 9.97. The van der Waals surface area contributed by atoms with E-state index in [0.29, 0.717) is 21.5 Å². The smallest absolute Gasteiger partial charge is 0.276 e. The molecule has 0 unspecified atom stereocenters. The van der Waals surface area contributed by atoms with E-state index in [1.807, 2.05) is 26.0 Å². The van der Waals surface area contributed by atoms with E-state index in [1.165, 1.54) is 10.2 Å².